The van der Waals surface area contributed by atoms with Crippen LogP contribution in [0.3, 0.4) is 0 Å². The van der Waals surface area contributed by atoms with Gasteiger partial charge in [0, 0.05) is 6.42 Å². The molecule has 1 aliphatic heterocycles. The summed E-state index contributed by atoms with van der Waals surface area (Å²) >= 11 is 0. The van der Waals surface area contributed by atoms with Crippen LogP contribution in [0, 0.1) is 0 Å². The Labute approximate surface area is 67.6 Å². The smallest absolute Gasteiger partial charge is 0.239 e. The van der Waals surface area contributed by atoms with Gasteiger partial charge in [-0.1, -0.05) is 0 Å². The predicted molar refractivity (Wildman–Crippen MR) is 42.9 cm³/mol. The lowest BCUT2D eigenvalue weighted by Crippen LogP contribution is -2.16. The summed E-state index contributed by atoms with van der Waals surface area (Å²) in [4.78, 5) is 2.16. The first kappa shape index (κ1) is 8.40. The first-order chi connectivity index (χ1) is 5.29. The first-order valence-corrected chi connectivity index (χ1v) is 3.90. The molecule has 0 unspecified atom stereocenters. The second-order valence-corrected chi connectivity index (χ2v) is 2.92. The third-order valence-corrected chi connectivity index (χ3v) is 1.56. The Morgan fingerprint density at radius 3 is 2.45 bits per heavy atom. The Morgan fingerprint density at radius 2 is 1.91 bits per heavy atom. The lowest BCUT2D eigenvalue weighted by Gasteiger charge is -2.12. The number of ether oxygens (including phenoxy) is 2. The summed E-state index contributed by atoms with van der Waals surface area (Å²) in [6, 6.07) is 0. The van der Waals surface area contributed by atoms with Crippen molar-refractivity contribution in [3.8, 4) is 0 Å². The zero-order valence-electron chi connectivity index (χ0n) is 7.12. The number of rotatable bonds is 4. The number of hydrogen-bond acceptors (Lipinski definition) is 3. The van der Waals surface area contributed by atoms with Crippen LogP contribution in [0.25, 0.3) is 0 Å². The van der Waals surface area contributed by atoms with Gasteiger partial charge in [-0.25, -0.2) is 0 Å². The quantitative estimate of drug-likeness (QED) is 0.611. The Bertz CT molecular complexity index is 126. The van der Waals surface area contributed by atoms with E-state index >= 15 is 0 Å². The number of nitrogens with zero attached hydrogens (tertiary/aromatic N) is 1. The van der Waals surface area contributed by atoms with Crippen molar-refractivity contribution >= 4 is 0 Å². The molecular formula is C8H15NO2. The van der Waals surface area contributed by atoms with Crippen molar-refractivity contribution < 1.29 is 9.47 Å². The molecule has 3 heteroatoms. The number of hydrogen-bond donors (Lipinski definition) is 0. The molecular weight excluding hydrogens is 142 g/mol. The lowest BCUT2D eigenvalue weighted by atomic mass is 10.3. The van der Waals surface area contributed by atoms with Crippen LogP contribution in [0.2, 0.25) is 0 Å². The zero-order valence-corrected chi connectivity index (χ0v) is 7.12. The SMILES string of the molecule is CN(C)CCCC1OC=CO1. The maximum atomic E-state index is 5.11. The highest BCUT2D eigenvalue weighted by atomic mass is 16.7. The molecule has 0 spiro atoms. The Morgan fingerprint density at radius 1 is 1.27 bits per heavy atom. The van der Waals surface area contributed by atoms with Crippen LogP contribution >= 0.6 is 0 Å². The van der Waals surface area contributed by atoms with Crippen LogP contribution in [0.1, 0.15) is 12.8 Å². The third kappa shape index (κ3) is 3.28. The highest BCUT2D eigenvalue weighted by Gasteiger charge is 2.10. The van der Waals surface area contributed by atoms with E-state index in [4.69, 9.17) is 9.47 Å². The molecule has 0 saturated carbocycles. The summed E-state index contributed by atoms with van der Waals surface area (Å²) in [5.74, 6) is 0. The highest BCUT2D eigenvalue weighted by molar-refractivity contribution is 4.70. The predicted octanol–water partition coefficient (Wildman–Crippen LogP) is 1.17. The first-order valence-electron chi connectivity index (χ1n) is 3.90. The van der Waals surface area contributed by atoms with Crippen molar-refractivity contribution in [2.75, 3.05) is 20.6 Å². The second-order valence-electron chi connectivity index (χ2n) is 2.92. The minimum absolute atomic E-state index is 0.0325. The third-order valence-electron chi connectivity index (χ3n) is 1.56. The molecule has 1 aliphatic rings. The van der Waals surface area contributed by atoms with E-state index in [1.807, 2.05) is 0 Å². The van der Waals surface area contributed by atoms with Gasteiger partial charge >= 0.3 is 0 Å². The standard InChI is InChI=1S/C8H15NO2/c1-9(2)5-3-4-8-10-6-7-11-8/h6-8H,3-5H2,1-2H3. The molecule has 0 radical (unpaired) electrons. The molecule has 1 rings (SSSR count). The minimum Gasteiger partial charge on any atom is -0.459 e. The molecule has 3 nitrogen and oxygen atoms in total. The van der Waals surface area contributed by atoms with Crippen LogP contribution in [0.5, 0.6) is 0 Å². The average molecular weight is 157 g/mol. The largest absolute Gasteiger partial charge is 0.459 e. The molecule has 0 bridgehead atoms. The van der Waals surface area contributed by atoms with Crippen LogP contribution in [-0.4, -0.2) is 31.8 Å². The minimum atomic E-state index is -0.0325. The molecule has 0 aromatic heterocycles. The second kappa shape index (κ2) is 4.23. The van der Waals surface area contributed by atoms with Crippen molar-refractivity contribution in [3.05, 3.63) is 12.5 Å². The van der Waals surface area contributed by atoms with Gasteiger partial charge < -0.3 is 14.4 Å². The van der Waals surface area contributed by atoms with Gasteiger partial charge in [0.15, 0.2) is 0 Å². The fraction of sp³-hybridized carbons (Fsp3) is 0.750. The molecule has 0 atom stereocenters. The molecule has 64 valence electrons. The highest BCUT2D eigenvalue weighted by Crippen LogP contribution is 2.10. The van der Waals surface area contributed by atoms with Gasteiger partial charge in [0.05, 0.1) is 0 Å². The molecule has 0 aliphatic carbocycles. The van der Waals surface area contributed by atoms with Crippen LogP contribution in [-0.2, 0) is 9.47 Å². The Kier molecular flexibility index (Phi) is 3.23. The molecule has 0 saturated heterocycles. The van der Waals surface area contributed by atoms with Gasteiger partial charge in [0.25, 0.3) is 0 Å². The Hall–Kier alpha value is -0.700. The van der Waals surface area contributed by atoms with Gasteiger partial charge in [0.1, 0.15) is 12.5 Å². The van der Waals surface area contributed by atoms with Crippen molar-refractivity contribution in [2.24, 2.45) is 0 Å². The average Bonchev–Trinajstić information content (AvgIpc) is 2.39. The fourth-order valence-electron chi connectivity index (χ4n) is 0.982. The van der Waals surface area contributed by atoms with Crippen molar-refractivity contribution in [3.63, 3.8) is 0 Å². The van der Waals surface area contributed by atoms with Gasteiger partial charge in [-0.15, -0.1) is 0 Å². The summed E-state index contributed by atoms with van der Waals surface area (Å²) < 4.78 is 10.2. The monoisotopic (exact) mass is 157 g/mol. The molecule has 1 heterocycles. The van der Waals surface area contributed by atoms with Crippen molar-refractivity contribution in [1.82, 2.24) is 4.90 Å². The maximum Gasteiger partial charge on any atom is 0.239 e. The summed E-state index contributed by atoms with van der Waals surface area (Å²) in [7, 11) is 4.13. The molecule has 0 aromatic rings. The van der Waals surface area contributed by atoms with E-state index in [1.165, 1.54) is 0 Å². The molecule has 11 heavy (non-hydrogen) atoms. The topological polar surface area (TPSA) is 21.7 Å². The van der Waals surface area contributed by atoms with Gasteiger partial charge in [0.2, 0.25) is 6.29 Å². The summed E-state index contributed by atoms with van der Waals surface area (Å²) in [5.41, 5.74) is 0. The Balaban J connectivity index is 1.95. The van der Waals surface area contributed by atoms with E-state index in [1.54, 1.807) is 12.5 Å². The van der Waals surface area contributed by atoms with E-state index in [-0.39, 0.29) is 6.29 Å². The summed E-state index contributed by atoms with van der Waals surface area (Å²) in [5, 5.41) is 0. The maximum absolute atomic E-state index is 5.11. The molecule has 0 fully saturated rings. The van der Waals surface area contributed by atoms with Crippen LogP contribution in [0.15, 0.2) is 12.5 Å². The van der Waals surface area contributed by atoms with Crippen molar-refractivity contribution in [2.45, 2.75) is 19.1 Å². The van der Waals surface area contributed by atoms with Gasteiger partial charge in [-0.3, -0.25) is 0 Å². The van der Waals surface area contributed by atoms with Crippen LogP contribution < -0.4 is 0 Å². The van der Waals surface area contributed by atoms with Crippen LogP contribution in [0.4, 0.5) is 0 Å². The molecule has 0 aromatic carbocycles. The van der Waals surface area contributed by atoms with Gasteiger partial charge in [-0.2, -0.15) is 0 Å². The summed E-state index contributed by atoms with van der Waals surface area (Å²) in [6.07, 6.45) is 5.24. The van der Waals surface area contributed by atoms with E-state index < -0.39 is 0 Å². The summed E-state index contributed by atoms with van der Waals surface area (Å²) in [6.45, 7) is 1.09. The van der Waals surface area contributed by atoms with E-state index in [0.717, 1.165) is 19.4 Å². The molecule has 0 N–H and O–H groups in total. The van der Waals surface area contributed by atoms with E-state index in [2.05, 4.69) is 19.0 Å². The zero-order chi connectivity index (χ0) is 8.10. The van der Waals surface area contributed by atoms with E-state index in [0.29, 0.717) is 0 Å². The van der Waals surface area contributed by atoms with E-state index in [9.17, 15) is 0 Å². The lowest BCUT2D eigenvalue weighted by molar-refractivity contribution is -0.0299. The van der Waals surface area contributed by atoms with Gasteiger partial charge in [-0.05, 0) is 27.1 Å². The fourth-order valence-corrected chi connectivity index (χ4v) is 0.982. The normalized spacial score (nSPS) is 17.0. The molecule has 0 amide bonds. The van der Waals surface area contributed by atoms with Crippen molar-refractivity contribution in [1.29, 1.82) is 0 Å².